The molecule has 2 aromatic rings. The molecule has 1 aromatic carbocycles. The Labute approximate surface area is 136 Å². The summed E-state index contributed by atoms with van der Waals surface area (Å²) in [6.07, 6.45) is 5.32. The molecule has 2 N–H and O–H groups in total. The molecule has 1 amide bonds. The second-order valence-electron chi connectivity index (χ2n) is 5.18. The summed E-state index contributed by atoms with van der Waals surface area (Å²) in [5, 5.41) is 9.25. The number of benzene rings is 1. The van der Waals surface area contributed by atoms with Gasteiger partial charge in [0, 0.05) is 18.9 Å². The van der Waals surface area contributed by atoms with Crippen LogP contribution in [-0.2, 0) is 6.54 Å². The maximum Gasteiger partial charge on any atom is 0.258 e. The number of hydrogen-bond donors (Lipinski definition) is 2. The van der Waals surface area contributed by atoms with Crippen molar-refractivity contribution in [1.29, 1.82) is 0 Å². The van der Waals surface area contributed by atoms with Crippen LogP contribution < -0.4 is 4.74 Å². The maximum absolute atomic E-state index is 12.8. The van der Waals surface area contributed by atoms with Crippen LogP contribution in [0.4, 0.5) is 0 Å². The van der Waals surface area contributed by atoms with Gasteiger partial charge in [-0.25, -0.2) is 4.98 Å². The number of aliphatic hydroxyl groups is 1. The summed E-state index contributed by atoms with van der Waals surface area (Å²) in [5.41, 5.74) is 0.503. The number of carbonyl (C=O) groups excluding carboxylic acids is 1. The molecule has 0 aliphatic heterocycles. The third-order valence-corrected chi connectivity index (χ3v) is 3.43. The zero-order valence-electron chi connectivity index (χ0n) is 13.4. The summed E-state index contributed by atoms with van der Waals surface area (Å²) in [5.74, 6) is 1.08. The first-order chi connectivity index (χ1) is 11.3. The molecule has 0 unspecified atom stereocenters. The number of amides is 1. The van der Waals surface area contributed by atoms with Crippen LogP contribution in [-0.4, -0.2) is 45.6 Å². The number of carbonyl (C=O) groups is 1. The monoisotopic (exact) mass is 317 g/mol. The van der Waals surface area contributed by atoms with Crippen LogP contribution in [0.2, 0.25) is 0 Å². The molecule has 6 heteroatoms. The van der Waals surface area contributed by atoms with Crippen molar-refractivity contribution in [3.8, 4) is 5.75 Å². The van der Waals surface area contributed by atoms with Crippen LogP contribution in [0.15, 0.2) is 36.7 Å². The quantitative estimate of drug-likeness (QED) is 0.695. The highest BCUT2D eigenvalue weighted by Crippen LogP contribution is 2.21. The Balaban J connectivity index is 2.15. The van der Waals surface area contributed by atoms with Crippen molar-refractivity contribution in [2.24, 2.45) is 0 Å². The van der Waals surface area contributed by atoms with Gasteiger partial charge in [0.15, 0.2) is 0 Å². The summed E-state index contributed by atoms with van der Waals surface area (Å²) in [4.78, 5) is 21.5. The minimum Gasteiger partial charge on any atom is -0.493 e. The lowest BCUT2D eigenvalue weighted by atomic mass is 10.1. The lowest BCUT2D eigenvalue weighted by Crippen LogP contribution is -2.33. The number of unbranched alkanes of at least 4 members (excludes halogenated alkanes) is 1. The van der Waals surface area contributed by atoms with E-state index in [1.165, 1.54) is 0 Å². The Bertz CT molecular complexity index is 599. The molecular weight excluding hydrogens is 294 g/mol. The highest BCUT2D eigenvalue weighted by Gasteiger charge is 2.20. The summed E-state index contributed by atoms with van der Waals surface area (Å²) in [6, 6.07) is 7.20. The number of aliphatic hydroxyl groups excluding tert-OH is 1. The standard InChI is InChI=1S/C17H23N3O3/c1-2-3-12-23-15-7-5-4-6-14(15)17(22)20(10-11-21)13-16-18-8-9-19-16/h4-9,21H,2-3,10-13H2,1H3,(H,18,19). The average Bonchev–Trinajstić information content (AvgIpc) is 3.08. The molecule has 124 valence electrons. The summed E-state index contributed by atoms with van der Waals surface area (Å²) in [6.45, 7) is 3.12. The number of para-hydroxylation sites is 1. The number of nitrogens with one attached hydrogen (secondary N) is 1. The van der Waals surface area contributed by atoms with Gasteiger partial charge in [0.25, 0.3) is 5.91 Å². The lowest BCUT2D eigenvalue weighted by molar-refractivity contribution is 0.0699. The minimum absolute atomic E-state index is 0.106. The topological polar surface area (TPSA) is 78.4 Å². The molecule has 0 aliphatic carbocycles. The molecule has 2 rings (SSSR count). The predicted molar refractivity (Wildman–Crippen MR) is 87.3 cm³/mol. The third-order valence-electron chi connectivity index (χ3n) is 3.43. The van der Waals surface area contributed by atoms with Gasteiger partial charge in [-0.15, -0.1) is 0 Å². The van der Waals surface area contributed by atoms with Crippen molar-refractivity contribution in [2.45, 2.75) is 26.3 Å². The maximum atomic E-state index is 12.8. The second kappa shape index (κ2) is 8.95. The summed E-state index contributed by atoms with van der Waals surface area (Å²) in [7, 11) is 0. The van der Waals surface area contributed by atoms with Crippen molar-refractivity contribution in [3.63, 3.8) is 0 Å². The minimum atomic E-state index is -0.178. The molecule has 0 radical (unpaired) electrons. The fraction of sp³-hybridized carbons (Fsp3) is 0.412. The molecule has 1 aromatic heterocycles. The van der Waals surface area contributed by atoms with Crippen LogP contribution in [0.1, 0.15) is 35.9 Å². The van der Waals surface area contributed by atoms with Crippen molar-refractivity contribution in [2.75, 3.05) is 19.8 Å². The van der Waals surface area contributed by atoms with Gasteiger partial charge in [-0.3, -0.25) is 4.79 Å². The highest BCUT2D eigenvalue weighted by molar-refractivity contribution is 5.96. The first kappa shape index (κ1) is 17.0. The molecule has 1 heterocycles. The first-order valence-corrected chi connectivity index (χ1v) is 7.86. The third kappa shape index (κ3) is 4.82. The van der Waals surface area contributed by atoms with Gasteiger partial charge in [0.05, 0.1) is 25.3 Å². The van der Waals surface area contributed by atoms with E-state index in [4.69, 9.17) is 4.74 Å². The molecule has 6 nitrogen and oxygen atoms in total. The number of H-pyrrole nitrogens is 1. The molecule has 0 bridgehead atoms. The fourth-order valence-corrected chi connectivity index (χ4v) is 2.20. The number of aromatic nitrogens is 2. The second-order valence-corrected chi connectivity index (χ2v) is 5.18. The van der Waals surface area contributed by atoms with Crippen molar-refractivity contribution < 1.29 is 14.6 Å². The molecule has 0 saturated carbocycles. The predicted octanol–water partition coefficient (Wildman–Crippen LogP) is 2.22. The lowest BCUT2D eigenvalue weighted by Gasteiger charge is -2.22. The van der Waals surface area contributed by atoms with E-state index in [0.717, 1.165) is 12.8 Å². The first-order valence-electron chi connectivity index (χ1n) is 7.86. The fourth-order valence-electron chi connectivity index (χ4n) is 2.20. The van der Waals surface area contributed by atoms with Gasteiger partial charge in [-0.1, -0.05) is 25.5 Å². The smallest absolute Gasteiger partial charge is 0.258 e. The summed E-state index contributed by atoms with van der Waals surface area (Å²) < 4.78 is 5.73. The molecular formula is C17H23N3O3. The number of rotatable bonds is 9. The largest absolute Gasteiger partial charge is 0.493 e. The van der Waals surface area contributed by atoms with Gasteiger partial charge < -0.3 is 19.7 Å². The molecule has 0 aliphatic rings. The van der Waals surface area contributed by atoms with Crippen LogP contribution in [0.25, 0.3) is 0 Å². The Morgan fingerprint density at radius 3 is 2.91 bits per heavy atom. The number of ether oxygens (including phenoxy) is 1. The van der Waals surface area contributed by atoms with Gasteiger partial charge >= 0.3 is 0 Å². The zero-order valence-corrected chi connectivity index (χ0v) is 13.4. The van der Waals surface area contributed by atoms with Gasteiger partial charge in [-0.2, -0.15) is 0 Å². The van der Waals surface area contributed by atoms with E-state index in [1.807, 2.05) is 12.1 Å². The van der Waals surface area contributed by atoms with Gasteiger partial charge in [0.1, 0.15) is 11.6 Å². The van der Waals surface area contributed by atoms with E-state index in [1.54, 1.807) is 29.4 Å². The number of aromatic amines is 1. The van der Waals surface area contributed by atoms with Crippen molar-refractivity contribution in [1.82, 2.24) is 14.9 Å². The van der Waals surface area contributed by atoms with Crippen molar-refractivity contribution >= 4 is 5.91 Å². The molecule has 23 heavy (non-hydrogen) atoms. The van der Waals surface area contributed by atoms with E-state index in [2.05, 4.69) is 16.9 Å². The number of imidazole rings is 1. The van der Waals surface area contributed by atoms with E-state index in [-0.39, 0.29) is 19.1 Å². The SMILES string of the molecule is CCCCOc1ccccc1C(=O)N(CCO)Cc1ncc[nH]1. The van der Waals surface area contributed by atoms with E-state index < -0.39 is 0 Å². The molecule has 0 atom stereocenters. The zero-order chi connectivity index (χ0) is 16.5. The van der Waals surface area contributed by atoms with Gasteiger partial charge in [0.2, 0.25) is 0 Å². The number of hydrogen-bond acceptors (Lipinski definition) is 4. The Kier molecular flexibility index (Phi) is 6.62. The highest BCUT2D eigenvalue weighted by atomic mass is 16.5. The molecule has 0 spiro atoms. The van der Waals surface area contributed by atoms with E-state index in [9.17, 15) is 9.90 Å². The molecule has 0 saturated heterocycles. The van der Waals surface area contributed by atoms with Crippen molar-refractivity contribution in [3.05, 3.63) is 48.0 Å². The Morgan fingerprint density at radius 1 is 1.39 bits per heavy atom. The number of nitrogens with zero attached hydrogens (tertiary/aromatic N) is 2. The van der Waals surface area contributed by atoms with Crippen LogP contribution in [0, 0.1) is 0 Å². The van der Waals surface area contributed by atoms with Crippen LogP contribution >= 0.6 is 0 Å². The van der Waals surface area contributed by atoms with E-state index in [0.29, 0.717) is 30.3 Å². The van der Waals surface area contributed by atoms with E-state index >= 15 is 0 Å². The summed E-state index contributed by atoms with van der Waals surface area (Å²) >= 11 is 0. The van der Waals surface area contributed by atoms with Crippen LogP contribution in [0.3, 0.4) is 0 Å². The normalized spacial score (nSPS) is 10.5. The molecule has 0 fully saturated rings. The van der Waals surface area contributed by atoms with Crippen LogP contribution in [0.5, 0.6) is 5.75 Å². The Morgan fingerprint density at radius 2 is 2.22 bits per heavy atom. The Hall–Kier alpha value is -2.34. The average molecular weight is 317 g/mol. The van der Waals surface area contributed by atoms with Gasteiger partial charge in [-0.05, 0) is 18.6 Å².